The first-order valence-electron chi connectivity index (χ1n) is 39.4. The van der Waals surface area contributed by atoms with Crippen molar-refractivity contribution in [1.82, 2.24) is 0 Å². The number of hydrogen-bond acceptors (Lipinski definition) is 7. The Balaban J connectivity index is 3.93. The maximum absolute atomic E-state index is 12.9. The largest absolute Gasteiger partial charge is 0.472 e. The molecule has 0 bridgehead atoms. The minimum atomic E-state index is -4.39. The molecule has 0 rings (SSSR count). The van der Waals surface area contributed by atoms with Crippen molar-refractivity contribution in [3.63, 3.8) is 0 Å². The first kappa shape index (κ1) is 88.0. The van der Waals surface area contributed by atoms with Gasteiger partial charge in [0.1, 0.15) is 19.8 Å². The number of ether oxygens (including phenoxy) is 2. The molecule has 0 radical (unpaired) electrons. The number of allylic oxidation sites excluding steroid dienone is 8. The van der Waals surface area contributed by atoms with E-state index in [9.17, 15) is 19.0 Å². The number of phosphoric acid groups is 1. The van der Waals surface area contributed by atoms with Gasteiger partial charge in [-0.05, 0) is 77.0 Å². The maximum Gasteiger partial charge on any atom is 0.472 e. The number of esters is 2. The summed E-state index contributed by atoms with van der Waals surface area (Å²) in [6.07, 6.45) is 94.0. The molecule has 0 saturated carbocycles. The highest BCUT2D eigenvalue weighted by atomic mass is 31.2. The van der Waals surface area contributed by atoms with E-state index in [0.29, 0.717) is 23.9 Å². The molecule has 0 aliphatic heterocycles. The summed E-state index contributed by atoms with van der Waals surface area (Å²) >= 11 is 0. The minimum absolute atomic E-state index is 0.0344. The van der Waals surface area contributed by atoms with Gasteiger partial charge in [0, 0.05) is 12.8 Å². The van der Waals surface area contributed by atoms with Crippen LogP contribution in [0.2, 0.25) is 0 Å². The Labute approximate surface area is 560 Å². The summed E-state index contributed by atoms with van der Waals surface area (Å²) in [5.41, 5.74) is 0. The fraction of sp³-hybridized carbons (Fsp3) is 0.875. The lowest BCUT2D eigenvalue weighted by Gasteiger charge is -2.24. The van der Waals surface area contributed by atoms with Crippen LogP contribution in [0.5, 0.6) is 0 Å². The molecule has 0 heterocycles. The molecule has 0 aromatic rings. The van der Waals surface area contributed by atoms with Gasteiger partial charge in [-0.2, -0.15) is 0 Å². The molecule has 0 fully saturated rings. The van der Waals surface area contributed by atoms with Crippen molar-refractivity contribution in [3.8, 4) is 0 Å². The van der Waals surface area contributed by atoms with Crippen molar-refractivity contribution in [2.45, 2.75) is 405 Å². The van der Waals surface area contributed by atoms with Gasteiger partial charge in [0.05, 0.1) is 27.7 Å². The van der Waals surface area contributed by atoms with E-state index in [2.05, 4.69) is 62.5 Å². The zero-order valence-corrected chi connectivity index (χ0v) is 61.5. The van der Waals surface area contributed by atoms with Gasteiger partial charge in [-0.1, -0.05) is 358 Å². The summed E-state index contributed by atoms with van der Waals surface area (Å²) in [7, 11) is 1.50. The maximum atomic E-state index is 12.9. The third-order valence-electron chi connectivity index (χ3n) is 17.8. The normalized spacial score (nSPS) is 13.3. The Kier molecular flexibility index (Phi) is 69.7. The molecule has 0 amide bonds. The van der Waals surface area contributed by atoms with Crippen molar-refractivity contribution in [3.05, 3.63) is 48.6 Å². The van der Waals surface area contributed by atoms with Crippen LogP contribution in [0.25, 0.3) is 0 Å². The quantitative estimate of drug-likeness (QED) is 0.0211. The predicted molar refractivity (Wildman–Crippen MR) is 390 cm³/mol. The molecule has 90 heavy (non-hydrogen) atoms. The van der Waals surface area contributed by atoms with Gasteiger partial charge in [-0.15, -0.1) is 0 Å². The Morgan fingerprint density at radius 1 is 0.344 bits per heavy atom. The molecule has 2 atom stereocenters. The molecular formula is C80H153NO8P+. The molecule has 9 nitrogen and oxygen atoms in total. The lowest BCUT2D eigenvalue weighted by molar-refractivity contribution is -0.870. The Bertz CT molecular complexity index is 1660. The highest BCUT2D eigenvalue weighted by molar-refractivity contribution is 7.47. The zero-order valence-electron chi connectivity index (χ0n) is 60.7. The Morgan fingerprint density at radius 3 is 0.900 bits per heavy atom. The van der Waals surface area contributed by atoms with Crippen LogP contribution in [0.3, 0.4) is 0 Å². The van der Waals surface area contributed by atoms with Gasteiger partial charge in [0.2, 0.25) is 0 Å². The molecule has 1 N–H and O–H groups in total. The van der Waals surface area contributed by atoms with Gasteiger partial charge in [0.15, 0.2) is 6.10 Å². The molecule has 0 aliphatic rings. The second-order valence-electron chi connectivity index (χ2n) is 28.1. The monoisotopic (exact) mass is 1290 g/mol. The fourth-order valence-corrected chi connectivity index (χ4v) is 12.5. The molecule has 0 aliphatic carbocycles. The van der Waals surface area contributed by atoms with E-state index in [-0.39, 0.29) is 25.6 Å². The minimum Gasteiger partial charge on any atom is -0.462 e. The van der Waals surface area contributed by atoms with E-state index < -0.39 is 26.5 Å². The van der Waals surface area contributed by atoms with Crippen LogP contribution in [0.4, 0.5) is 0 Å². The van der Waals surface area contributed by atoms with Crippen LogP contribution in [-0.2, 0) is 32.7 Å². The van der Waals surface area contributed by atoms with Gasteiger partial charge in [-0.3, -0.25) is 18.6 Å². The van der Waals surface area contributed by atoms with Crippen LogP contribution in [0.15, 0.2) is 48.6 Å². The average Bonchev–Trinajstić information content (AvgIpc) is 3.58. The number of unbranched alkanes of at least 4 members (excludes halogenated alkanes) is 52. The summed E-state index contributed by atoms with van der Waals surface area (Å²) < 4.78 is 34.8. The van der Waals surface area contributed by atoms with E-state index in [0.717, 1.165) is 44.9 Å². The van der Waals surface area contributed by atoms with Gasteiger partial charge in [0.25, 0.3) is 0 Å². The van der Waals surface area contributed by atoms with Crippen molar-refractivity contribution < 1.29 is 42.1 Å². The topological polar surface area (TPSA) is 108 Å². The van der Waals surface area contributed by atoms with Crippen LogP contribution in [-0.4, -0.2) is 74.9 Å². The summed E-state index contributed by atoms with van der Waals surface area (Å²) in [6.45, 7) is 4.49. The van der Waals surface area contributed by atoms with E-state index >= 15 is 0 Å². The predicted octanol–water partition coefficient (Wildman–Crippen LogP) is 26.0. The third kappa shape index (κ3) is 75.0. The van der Waals surface area contributed by atoms with Crippen molar-refractivity contribution in [1.29, 1.82) is 0 Å². The number of hydrogen-bond donors (Lipinski definition) is 1. The summed E-state index contributed by atoms with van der Waals surface area (Å²) in [5.74, 6) is -0.774. The highest BCUT2D eigenvalue weighted by Gasteiger charge is 2.27. The van der Waals surface area contributed by atoms with Crippen LogP contribution in [0, 0.1) is 0 Å². The standard InChI is InChI=1S/C80H152NO8P/c1-6-8-10-12-14-16-18-20-22-24-26-28-30-32-34-36-37-38-39-40-41-42-43-45-47-49-51-53-55-57-59-61-63-65-67-69-71-73-80(83)89-78(77-88-90(84,85)87-75-74-81(3,4)5)76-86-79(82)72-70-68-66-64-62-60-58-56-54-52-50-48-46-44-35-33-31-29-27-25-23-21-19-17-15-13-11-9-7-2/h18,20,24-27,30,32,78H,6-17,19,21-23,28-29,31,33-77H2,1-5H3/p+1/b20-18-,26-24-,27-25-,32-30-. The number of likely N-dealkylation sites (N-methyl/N-ethyl adjacent to an activating group) is 1. The van der Waals surface area contributed by atoms with Crippen molar-refractivity contribution in [2.75, 3.05) is 47.5 Å². The van der Waals surface area contributed by atoms with Gasteiger partial charge < -0.3 is 18.9 Å². The smallest absolute Gasteiger partial charge is 0.462 e. The van der Waals surface area contributed by atoms with E-state index in [1.807, 2.05) is 21.1 Å². The van der Waals surface area contributed by atoms with Crippen molar-refractivity contribution in [2.24, 2.45) is 0 Å². The number of rotatable bonds is 74. The number of nitrogens with zero attached hydrogens (tertiary/aromatic N) is 1. The second kappa shape index (κ2) is 71.3. The van der Waals surface area contributed by atoms with Crippen molar-refractivity contribution >= 4 is 19.8 Å². The first-order chi connectivity index (χ1) is 44.0. The lowest BCUT2D eigenvalue weighted by atomic mass is 10.0. The van der Waals surface area contributed by atoms with Gasteiger partial charge >= 0.3 is 19.8 Å². The number of phosphoric ester groups is 1. The second-order valence-corrected chi connectivity index (χ2v) is 29.5. The van der Waals surface area contributed by atoms with Crippen LogP contribution in [0.1, 0.15) is 399 Å². The lowest BCUT2D eigenvalue weighted by Crippen LogP contribution is -2.37. The van der Waals surface area contributed by atoms with Crippen LogP contribution < -0.4 is 0 Å². The first-order valence-corrected chi connectivity index (χ1v) is 40.9. The molecule has 0 spiro atoms. The SMILES string of the molecule is CCCCCCC/C=C\C/C=C\C/C=C\CCCCCCCCCCCCCCCCCCCCCCCCC(=O)OC(COC(=O)CCCCCCCCCCCCCCCCCCC/C=C\CCCCCCCCCC)COP(=O)(O)OCC[N+](C)(C)C. The number of carbonyl (C=O) groups excluding carboxylic acids is 2. The molecule has 2 unspecified atom stereocenters. The zero-order chi connectivity index (χ0) is 65.5. The van der Waals surface area contributed by atoms with E-state index in [1.165, 1.54) is 321 Å². The molecule has 0 aromatic heterocycles. The van der Waals surface area contributed by atoms with Crippen LogP contribution >= 0.6 is 7.82 Å². The number of quaternary nitrogens is 1. The molecule has 0 aromatic carbocycles. The fourth-order valence-electron chi connectivity index (χ4n) is 11.8. The van der Waals surface area contributed by atoms with E-state index in [4.69, 9.17) is 18.5 Å². The Hall–Kier alpha value is -2.03. The average molecular weight is 1290 g/mol. The third-order valence-corrected chi connectivity index (χ3v) is 18.8. The summed E-state index contributed by atoms with van der Waals surface area (Å²) in [4.78, 5) is 36.0. The Morgan fingerprint density at radius 2 is 0.600 bits per heavy atom. The molecule has 0 saturated heterocycles. The van der Waals surface area contributed by atoms with E-state index in [1.54, 1.807) is 0 Å². The molecule has 10 heteroatoms. The summed E-state index contributed by atoms with van der Waals surface area (Å²) in [6, 6.07) is 0. The molecular weight excluding hydrogens is 1130 g/mol. The molecule has 530 valence electrons. The summed E-state index contributed by atoms with van der Waals surface area (Å²) in [5, 5.41) is 0. The number of carbonyl (C=O) groups is 2. The van der Waals surface area contributed by atoms with Gasteiger partial charge in [-0.25, -0.2) is 4.57 Å². The highest BCUT2D eigenvalue weighted by Crippen LogP contribution is 2.43.